The molecule has 1 unspecified atom stereocenters. The van der Waals surface area contributed by atoms with Crippen molar-refractivity contribution in [2.24, 2.45) is 11.7 Å². The minimum Gasteiger partial charge on any atom is -0.344 e. The van der Waals surface area contributed by atoms with E-state index in [1.165, 1.54) is 0 Å². The largest absolute Gasteiger partial charge is 0.344 e. The molecule has 0 radical (unpaired) electrons. The molecule has 17 heavy (non-hydrogen) atoms. The monoisotopic (exact) mass is 239 g/mol. The highest BCUT2D eigenvalue weighted by Gasteiger charge is 2.33. The number of likely N-dealkylation sites (tertiary alicyclic amines) is 1. The van der Waals surface area contributed by atoms with E-state index in [4.69, 9.17) is 5.73 Å². The van der Waals surface area contributed by atoms with Crippen LogP contribution in [0, 0.1) is 5.92 Å². The SMILES string of the molecule is CN1CCC(NC(=O)C2CCC(N)CC2)C1=O. The number of amides is 2. The summed E-state index contributed by atoms with van der Waals surface area (Å²) in [5.74, 6) is 0.116. The van der Waals surface area contributed by atoms with Crippen molar-refractivity contribution in [1.82, 2.24) is 10.2 Å². The van der Waals surface area contributed by atoms with Crippen LogP contribution in [0.2, 0.25) is 0 Å². The molecule has 1 saturated carbocycles. The quantitative estimate of drug-likeness (QED) is 0.703. The van der Waals surface area contributed by atoms with E-state index in [0.29, 0.717) is 0 Å². The maximum absolute atomic E-state index is 12.0. The first-order chi connectivity index (χ1) is 8.08. The summed E-state index contributed by atoms with van der Waals surface area (Å²) in [6.07, 6.45) is 4.26. The summed E-state index contributed by atoms with van der Waals surface area (Å²) in [6, 6.07) is -0.0543. The molecule has 2 aliphatic rings. The second-order valence-corrected chi connectivity index (χ2v) is 5.22. The molecule has 1 saturated heterocycles. The molecule has 0 bridgehead atoms. The molecule has 3 N–H and O–H groups in total. The van der Waals surface area contributed by atoms with Gasteiger partial charge in [-0.1, -0.05) is 0 Å². The van der Waals surface area contributed by atoms with E-state index in [2.05, 4.69) is 5.32 Å². The molecule has 2 amide bonds. The normalized spacial score (nSPS) is 33.9. The fourth-order valence-corrected chi connectivity index (χ4v) is 2.63. The average Bonchev–Trinajstić information content (AvgIpc) is 2.62. The van der Waals surface area contributed by atoms with Gasteiger partial charge < -0.3 is 16.0 Å². The van der Waals surface area contributed by atoms with Gasteiger partial charge in [0.25, 0.3) is 0 Å². The van der Waals surface area contributed by atoms with Crippen LogP contribution < -0.4 is 11.1 Å². The van der Waals surface area contributed by atoms with Gasteiger partial charge in [0.15, 0.2) is 0 Å². The van der Waals surface area contributed by atoms with E-state index in [9.17, 15) is 9.59 Å². The van der Waals surface area contributed by atoms with Crippen LogP contribution in [0.3, 0.4) is 0 Å². The highest BCUT2D eigenvalue weighted by Crippen LogP contribution is 2.23. The fourth-order valence-electron chi connectivity index (χ4n) is 2.63. The van der Waals surface area contributed by atoms with E-state index in [-0.39, 0.29) is 29.8 Å². The zero-order valence-corrected chi connectivity index (χ0v) is 10.3. The fraction of sp³-hybridized carbons (Fsp3) is 0.833. The Hall–Kier alpha value is -1.10. The Labute approximate surface area is 102 Å². The molecular weight excluding hydrogens is 218 g/mol. The van der Waals surface area contributed by atoms with Crippen molar-refractivity contribution in [3.8, 4) is 0 Å². The molecule has 1 aliphatic heterocycles. The van der Waals surface area contributed by atoms with E-state index in [0.717, 1.165) is 38.6 Å². The van der Waals surface area contributed by atoms with Crippen LogP contribution in [0.5, 0.6) is 0 Å². The minimum absolute atomic E-state index is 0.0329. The first-order valence-corrected chi connectivity index (χ1v) is 6.39. The molecule has 1 atom stereocenters. The van der Waals surface area contributed by atoms with Gasteiger partial charge in [-0.2, -0.15) is 0 Å². The molecule has 2 rings (SSSR count). The number of hydrogen-bond donors (Lipinski definition) is 2. The molecule has 96 valence electrons. The Morgan fingerprint density at radius 1 is 1.29 bits per heavy atom. The Kier molecular flexibility index (Phi) is 3.66. The maximum Gasteiger partial charge on any atom is 0.244 e. The number of hydrogen-bond acceptors (Lipinski definition) is 3. The van der Waals surface area contributed by atoms with E-state index in [1.54, 1.807) is 11.9 Å². The van der Waals surface area contributed by atoms with Gasteiger partial charge >= 0.3 is 0 Å². The van der Waals surface area contributed by atoms with Gasteiger partial charge in [-0.05, 0) is 32.1 Å². The van der Waals surface area contributed by atoms with Crippen molar-refractivity contribution >= 4 is 11.8 Å². The van der Waals surface area contributed by atoms with Crippen LogP contribution in [0.15, 0.2) is 0 Å². The smallest absolute Gasteiger partial charge is 0.244 e. The Morgan fingerprint density at radius 3 is 2.47 bits per heavy atom. The van der Waals surface area contributed by atoms with E-state index >= 15 is 0 Å². The summed E-state index contributed by atoms with van der Waals surface area (Å²) in [4.78, 5) is 25.3. The number of nitrogens with one attached hydrogen (secondary N) is 1. The van der Waals surface area contributed by atoms with Crippen molar-refractivity contribution in [3.05, 3.63) is 0 Å². The summed E-state index contributed by atoms with van der Waals surface area (Å²) >= 11 is 0. The maximum atomic E-state index is 12.0. The number of likely N-dealkylation sites (N-methyl/N-ethyl adjacent to an activating group) is 1. The van der Waals surface area contributed by atoms with Gasteiger partial charge in [0.1, 0.15) is 6.04 Å². The van der Waals surface area contributed by atoms with Gasteiger partial charge in [0, 0.05) is 25.6 Å². The summed E-state index contributed by atoms with van der Waals surface area (Å²) in [6.45, 7) is 0.735. The van der Waals surface area contributed by atoms with Gasteiger partial charge in [-0.25, -0.2) is 0 Å². The van der Waals surface area contributed by atoms with Gasteiger partial charge in [-0.15, -0.1) is 0 Å². The van der Waals surface area contributed by atoms with Crippen molar-refractivity contribution in [1.29, 1.82) is 0 Å². The van der Waals surface area contributed by atoms with Crippen LogP contribution in [0.25, 0.3) is 0 Å². The van der Waals surface area contributed by atoms with Crippen LogP contribution >= 0.6 is 0 Å². The predicted molar refractivity (Wildman–Crippen MR) is 64.1 cm³/mol. The molecule has 0 aromatic heterocycles. The second kappa shape index (κ2) is 5.04. The number of carbonyl (C=O) groups is 2. The number of nitrogens with two attached hydrogens (primary N) is 1. The lowest BCUT2D eigenvalue weighted by Gasteiger charge is -2.26. The Bertz CT molecular complexity index is 311. The highest BCUT2D eigenvalue weighted by atomic mass is 16.2. The van der Waals surface area contributed by atoms with Crippen molar-refractivity contribution in [3.63, 3.8) is 0 Å². The Balaban J connectivity index is 1.83. The molecular formula is C12H21N3O2. The topological polar surface area (TPSA) is 75.4 Å². The lowest BCUT2D eigenvalue weighted by Crippen LogP contribution is -2.44. The van der Waals surface area contributed by atoms with Gasteiger partial charge in [-0.3, -0.25) is 9.59 Å². The van der Waals surface area contributed by atoms with Crippen LogP contribution in [0.4, 0.5) is 0 Å². The van der Waals surface area contributed by atoms with E-state index in [1.807, 2.05) is 0 Å². The first-order valence-electron chi connectivity index (χ1n) is 6.39. The van der Waals surface area contributed by atoms with E-state index < -0.39 is 0 Å². The number of nitrogens with zero attached hydrogens (tertiary/aromatic N) is 1. The molecule has 5 heteroatoms. The number of carbonyl (C=O) groups excluding carboxylic acids is 2. The molecule has 0 aromatic rings. The third-order valence-corrected chi connectivity index (χ3v) is 3.89. The highest BCUT2D eigenvalue weighted by molar-refractivity contribution is 5.89. The van der Waals surface area contributed by atoms with Crippen molar-refractivity contribution in [2.45, 2.75) is 44.2 Å². The average molecular weight is 239 g/mol. The third-order valence-electron chi connectivity index (χ3n) is 3.89. The minimum atomic E-state index is -0.303. The summed E-state index contributed by atoms with van der Waals surface area (Å²) < 4.78 is 0. The lowest BCUT2D eigenvalue weighted by molar-refractivity contribution is -0.133. The van der Waals surface area contributed by atoms with Gasteiger partial charge in [0.05, 0.1) is 0 Å². The Morgan fingerprint density at radius 2 is 1.94 bits per heavy atom. The zero-order chi connectivity index (χ0) is 12.4. The molecule has 1 aliphatic carbocycles. The zero-order valence-electron chi connectivity index (χ0n) is 10.3. The first kappa shape index (κ1) is 12.4. The number of rotatable bonds is 2. The molecule has 0 aromatic carbocycles. The molecule has 5 nitrogen and oxygen atoms in total. The van der Waals surface area contributed by atoms with Crippen LogP contribution in [-0.2, 0) is 9.59 Å². The second-order valence-electron chi connectivity index (χ2n) is 5.22. The molecule has 0 spiro atoms. The van der Waals surface area contributed by atoms with Crippen LogP contribution in [0.1, 0.15) is 32.1 Å². The lowest BCUT2D eigenvalue weighted by atomic mass is 9.86. The molecule has 2 fully saturated rings. The van der Waals surface area contributed by atoms with Crippen LogP contribution in [-0.4, -0.2) is 42.4 Å². The summed E-state index contributed by atoms with van der Waals surface area (Å²) in [5.41, 5.74) is 5.81. The third kappa shape index (κ3) is 2.77. The predicted octanol–water partition coefficient (Wildman–Crippen LogP) is -0.149. The molecule has 1 heterocycles. The van der Waals surface area contributed by atoms with Crippen molar-refractivity contribution in [2.75, 3.05) is 13.6 Å². The summed E-state index contributed by atoms with van der Waals surface area (Å²) in [7, 11) is 1.77. The summed E-state index contributed by atoms with van der Waals surface area (Å²) in [5, 5.41) is 2.87. The van der Waals surface area contributed by atoms with Gasteiger partial charge in [0.2, 0.25) is 11.8 Å². The van der Waals surface area contributed by atoms with Crippen molar-refractivity contribution < 1.29 is 9.59 Å². The standard InChI is InChI=1S/C12H21N3O2/c1-15-7-6-10(12(15)17)14-11(16)8-2-4-9(13)5-3-8/h8-10H,2-7,13H2,1H3,(H,14,16).